The minimum atomic E-state index is 0. The van der Waals surface area contributed by atoms with Crippen molar-refractivity contribution >= 4 is 24.8 Å². The number of methoxy groups -OCH3 is 1. The normalized spacial score (nSPS) is 10.4. The largest absolute Gasteiger partial charge is 0.497 e. The van der Waals surface area contributed by atoms with E-state index in [-0.39, 0.29) is 24.8 Å². The Labute approximate surface area is 201 Å². The van der Waals surface area contributed by atoms with Gasteiger partial charge in [-0.05, 0) is 61.6 Å². The standard InChI is InChI=1S/C24H25N5O.2ClH/c1-28(2)16-18-6-4-8-21(14-18)23-26-24(20-9-11-22(30-3)12-10-20)29(27-23)17-19-7-5-13-25-15-19;;/h4-15H,16-17H2,1-3H3;2*1H. The predicted octanol–water partition coefficient (Wildman–Crippen LogP) is 4.97. The second-order valence-corrected chi connectivity index (χ2v) is 7.44. The molecule has 0 fully saturated rings. The summed E-state index contributed by atoms with van der Waals surface area (Å²) in [6.45, 7) is 1.47. The van der Waals surface area contributed by atoms with Crippen molar-refractivity contribution in [2.75, 3.05) is 21.2 Å². The van der Waals surface area contributed by atoms with Crippen LogP contribution in [0.15, 0.2) is 73.1 Å². The van der Waals surface area contributed by atoms with Crippen LogP contribution in [0.5, 0.6) is 5.75 Å². The van der Waals surface area contributed by atoms with Crippen LogP contribution < -0.4 is 4.74 Å². The third-order valence-electron chi connectivity index (χ3n) is 4.76. The first-order chi connectivity index (χ1) is 14.6. The van der Waals surface area contributed by atoms with Crippen LogP contribution in [0.1, 0.15) is 11.1 Å². The average molecular weight is 472 g/mol. The van der Waals surface area contributed by atoms with Crippen molar-refractivity contribution < 1.29 is 4.74 Å². The molecule has 8 heteroatoms. The second-order valence-electron chi connectivity index (χ2n) is 7.44. The number of aromatic nitrogens is 4. The number of hydrogen-bond acceptors (Lipinski definition) is 5. The zero-order valence-electron chi connectivity index (χ0n) is 18.3. The molecule has 0 N–H and O–H groups in total. The molecular weight excluding hydrogens is 445 g/mol. The van der Waals surface area contributed by atoms with Crippen LogP contribution in [-0.2, 0) is 13.1 Å². The summed E-state index contributed by atoms with van der Waals surface area (Å²) in [5.41, 5.74) is 4.30. The molecule has 0 aliphatic rings. The van der Waals surface area contributed by atoms with Gasteiger partial charge in [-0.2, -0.15) is 5.10 Å². The lowest BCUT2D eigenvalue weighted by atomic mass is 10.1. The van der Waals surface area contributed by atoms with Crippen LogP contribution in [0.3, 0.4) is 0 Å². The van der Waals surface area contributed by atoms with Crippen molar-refractivity contribution in [2.24, 2.45) is 0 Å². The minimum Gasteiger partial charge on any atom is -0.497 e. The predicted molar refractivity (Wildman–Crippen MR) is 133 cm³/mol. The van der Waals surface area contributed by atoms with E-state index in [1.807, 2.05) is 47.3 Å². The fourth-order valence-electron chi connectivity index (χ4n) is 3.37. The average Bonchev–Trinajstić information content (AvgIpc) is 3.18. The quantitative estimate of drug-likeness (QED) is 0.380. The molecule has 0 atom stereocenters. The van der Waals surface area contributed by atoms with Crippen LogP contribution in [-0.4, -0.2) is 45.9 Å². The first-order valence-corrected chi connectivity index (χ1v) is 9.84. The van der Waals surface area contributed by atoms with E-state index in [2.05, 4.69) is 48.2 Å². The Balaban J connectivity index is 0.00000181. The third kappa shape index (κ3) is 6.07. The monoisotopic (exact) mass is 471 g/mol. The van der Waals surface area contributed by atoms with E-state index >= 15 is 0 Å². The van der Waals surface area contributed by atoms with Gasteiger partial charge >= 0.3 is 0 Å². The zero-order valence-corrected chi connectivity index (χ0v) is 19.9. The van der Waals surface area contributed by atoms with Gasteiger partial charge in [-0.25, -0.2) is 9.67 Å². The van der Waals surface area contributed by atoms with E-state index in [9.17, 15) is 0 Å². The molecule has 4 aromatic rings. The first-order valence-electron chi connectivity index (χ1n) is 9.84. The molecule has 2 heterocycles. The number of rotatable bonds is 7. The summed E-state index contributed by atoms with van der Waals surface area (Å²) in [6, 6.07) is 20.3. The molecule has 32 heavy (non-hydrogen) atoms. The van der Waals surface area contributed by atoms with E-state index in [4.69, 9.17) is 14.8 Å². The highest BCUT2D eigenvalue weighted by Gasteiger charge is 2.15. The van der Waals surface area contributed by atoms with Gasteiger partial charge in [0.1, 0.15) is 5.75 Å². The summed E-state index contributed by atoms with van der Waals surface area (Å²) in [5.74, 6) is 2.34. The van der Waals surface area contributed by atoms with Crippen LogP contribution in [0, 0.1) is 0 Å². The molecule has 0 aliphatic heterocycles. The fourth-order valence-corrected chi connectivity index (χ4v) is 3.37. The number of nitrogens with zero attached hydrogens (tertiary/aromatic N) is 5. The van der Waals surface area contributed by atoms with Crippen molar-refractivity contribution in [1.82, 2.24) is 24.6 Å². The topological polar surface area (TPSA) is 56.1 Å². The second kappa shape index (κ2) is 11.6. The third-order valence-corrected chi connectivity index (χ3v) is 4.76. The fraction of sp³-hybridized carbons (Fsp3) is 0.208. The Kier molecular flexibility index (Phi) is 9.20. The van der Waals surface area contributed by atoms with Gasteiger partial charge in [-0.1, -0.05) is 24.3 Å². The van der Waals surface area contributed by atoms with Gasteiger partial charge in [0.15, 0.2) is 11.6 Å². The van der Waals surface area contributed by atoms with Crippen LogP contribution in [0.4, 0.5) is 0 Å². The van der Waals surface area contributed by atoms with Crippen molar-refractivity contribution in [3.63, 3.8) is 0 Å². The summed E-state index contributed by atoms with van der Waals surface area (Å²) >= 11 is 0. The number of ether oxygens (including phenoxy) is 1. The number of benzene rings is 2. The lowest BCUT2D eigenvalue weighted by Gasteiger charge is -2.09. The van der Waals surface area contributed by atoms with Gasteiger partial charge in [0.2, 0.25) is 0 Å². The van der Waals surface area contributed by atoms with Gasteiger partial charge in [-0.15, -0.1) is 24.8 Å². The summed E-state index contributed by atoms with van der Waals surface area (Å²) in [4.78, 5) is 11.3. The zero-order chi connectivity index (χ0) is 20.9. The molecule has 0 aliphatic carbocycles. The summed E-state index contributed by atoms with van der Waals surface area (Å²) in [7, 11) is 5.80. The number of hydrogen-bond donors (Lipinski definition) is 0. The van der Waals surface area contributed by atoms with Gasteiger partial charge in [-0.3, -0.25) is 4.98 Å². The Morgan fingerprint density at radius 1 is 0.906 bits per heavy atom. The molecule has 0 radical (unpaired) electrons. The van der Waals surface area contributed by atoms with Crippen LogP contribution in [0.2, 0.25) is 0 Å². The SMILES string of the molecule is COc1ccc(-c2nc(-c3cccc(CN(C)C)c3)nn2Cc2cccnc2)cc1.Cl.Cl. The van der Waals surface area contributed by atoms with Crippen molar-refractivity contribution in [3.05, 3.63) is 84.2 Å². The van der Waals surface area contributed by atoms with E-state index in [0.717, 1.165) is 34.8 Å². The maximum atomic E-state index is 5.30. The Bertz CT molecular complexity index is 1110. The smallest absolute Gasteiger partial charge is 0.181 e. The molecule has 0 amide bonds. The van der Waals surface area contributed by atoms with Gasteiger partial charge in [0.25, 0.3) is 0 Å². The summed E-state index contributed by atoms with van der Waals surface area (Å²) in [5, 5.41) is 4.85. The van der Waals surface area contributed by atoms with Gasteiger partial charge < -0.3 is 9.64 Å². The van der Waals surface area contributed by atoms with E-state index in [0.29, 0.717) is 12.4 Å². The van der Waals surface area contributed by atoms with Crippen molar-refractivity contribution in [3.8, 4) is 28.5 Å². The molecule has 168 valence electrons. The molecule has 0 saturated heterocycles. The van der Waals surface area contributed by atoms with Gasteiger partial charge in [0, 0.05) is 30.1 Å². The highest BCUT2D eigenvalue weighted by Crippen LogP contribution is 2.25. The molecule has 2 aromatic carbocycles. The molecule has 0 unspecified atom stereocenters. The summed E-state index contributed by atoms with van der Waals surface area (Å²) in [6.07, 6.45) is 3.63. The van der Waals surface area contributed by atoms with E-state index < -0.39 is 0 Å². The molecule has 0 saturated carbocycles. The van der Waals surface area contributed by atoms with Crippen molar-refractivity contribution in [1.29, 1.82) is 0 Å². The lowest BCUT2D eigenvalue weighted by molar-refractivity contribution is 0.402. The van der Waals surface area contributed by atoms with Crippen LogP contribution in [0.25, 0.3) is 22.8 Å². The number of halogens is 2. The Morgan fingerprint density at radius 2 is 1.66 bits per heavy atom. The molecule has 6 nitrogen and oxygen atoms in total. The van der Waals surface area contributed by atoms with Crippen molar-refractivity contribution in [2.45, 2.75) is 13.1 Å². The molecule has 2 aromatic heterocycles. The minimum absolute atomic E-state index is 0. The first kappa shape index (κ1) is 25.3. The molecule has 0 spiro atoms. The molecular formula is C24H27Cl2N5O. The molecule has 4 rings (SSSR count). The summed E-state index contributed by atoms with van der Waals surface area (Å²) < 4.78 is 7.23. The highest BCUT2D eigenvalue weighted by molar-refractivity contribution is 5.85. The maximum Gasteiger partial charge on any atom is 0.181 e. The Hall–Kier alpha value is -2.93. The van der Waals surface area contributed by atoms with E-state index in [1.165, 1.54) is 5.56 Å². The maximum absolute atomic E-state index is 5.30. The lowest BCUT2D eigenvalue weighted by Crippen LogP contribution is -2.10. The van der Waals surface area contributed by atoms with E-state index in [1.54, 1.807) is 13.3 Å². The van der Waals surface area contributed by atoms with Gasteiger partial charge in [0.05, 0.1) is 13.7 Å². The number of pyridine rings is 1. The van der Waals surface area contributed by atoms with Crippen LogP contribution >= 0.6 is 24.8 Å². The Morgan fingerprint density at radius 3 is 2.31 bits per heavy atom. The molecule has 0 bridgehead atoms. The highest BCUT2D eigenvalue weighted by atomic mass is 35.5.